The van der Waals surface area contributed by atoms with Gasteiger partial charge in [-0.1, -0.05) is 0 Å². The van der Waals surface area contributed by atoms with Crippen LogP contribution in [-0.4, -0.2) is 60.7 Å². The Morgan fingerprint density at radius 3 is 2.44 bits per heavy atom. The van der Waals surface area contributed by atoms with Crippen molar-refractivity contribution in [2.24, 2.45) is 7.05 Å². The second-order valence-electron chi connectivity index (χ2n) is 10.7. The molecule has 6 rings (SSSR count). The predicted octanol–water partition coefficient (Wildman–Crippen LogP) is 5.82. The number of ether oxygens (including phenoxy) is 1. The minimum atomic E-state index is -3.62. The Bertz CT molecular complexity index is 1660. The number of nitrogens with zero attached hydrogens (tertiary/aromatic N) is 5. The van der Waals surface area contributed by atoms with Gasteiger partial charge in [-0.2, -0.15) is 15.7 Å². The summed E-state index contributed by atoms with van der Waals surface area (Å²) >= 11 is 0. The Morgan fingerprint density at radius 1 is 1.05 bits per heavy atom. The van der Waals surface area contributed by atoms with Crippen molar-refractivity contribution < 1.29 is 27.4 Å². The topological polar surface area (TPSA) is 138 Å². The molecule has 3 heterocycles. The SMILES string of the molecule is C[C@H]1COCCN1c1cc(C2(S(O)(O)c3ccc(F)c(F)c3)CC2)nc(-c2ccc(NC(=O)Nc3cnn(C)c3)cc2)n1. The lowest BCUT2D eigenvalue weighted by atomic mass is 10.1. The highest BCUT2D eigenvalue weighted by Crippen LogP contribution is 2.75. The molecule has 14 heteroatoms. The maximum Gasteiger partial charge on any atom is 0.323 e. The number of hydrogen-bond acceptors (Lipinski definition) is 8. The standard InChI is InChI=1S/C29H31F2N7O4S/c1-18-17-42-12-11-38(18)26-14-25(29(9-10-29)43(40,41)22-7-8-23(30)24(31)13-22)35-27(36-26)19-3-5-20(6-4-19)33-28(39)34-21-15-32-37(2)16-21/h3-8,13-16,18,40-41H,9-12,17H2,1-2H3,(H2,33,34,39)/t18-/m0/s1. The molecule has 226 valence electrons. The van der Waals surface area contributed by atoms with Crippen LogP contribution in [0.15, 0.2) is 65.8 Å². The lowest BCUT2D eigenvalue weighted by molar-refractivity contribution is 0.0985. The van der Waals surface area contributed by atoms with Crippen LogP contribution in [0.4, 0.5) is 30.8 Å². The fraction of sp³-hybridized carbons (Fsp3) is 0.310. The molecule has 1 aliphatic heterocycles. The zero-order valence-electron chi connectivity index (χ0n) is 23.5. The Balaban J connectivity index is 1.33. The first-order valence-electron chi connectivity index (χ1n) is 13.7. The number of anilines is 3. The van der Waals surface area contributed by atoms with Gasteiger partial charge in [0.2, 0.25) is 0 Å². The molecule has 1 aliphatic carbocycles. The van der Waals surface area contributed by atoms with Crippen molar-refractivity contribution in [3.63, 3.8) is 0 Å². The van der Waals surface area contributed by atoms with Crippen LogP contribution in [0.1, 0.15) is 25.5 Å². The quantitative estimate of drug-likeness (QED) is 0.205. The van der Waals surface area contributed by atoms with Gasteiger partial charge in [0.05, 0.1) is 41.7 Å². The van der Waals surface area contributed by atoms with E-state index in [1.807, 2.05) is 6.92 Å². The van der Waals surface area contributed by atoms with Crippen LogP contribution in [-0.2, 0) is 16.5 Å². The van der Waals surface area contributed by atoms with E-state index >= 15 is 0 Å². The predicted molar refractivity (Wildman–Crippen MR) is 159 cm³/mol. The lowest BCUT2D eigenvalue weighted by Gasteiger charge is -2.41. The highest BCUT2D eigenvalue weighted by atomic mass is 32.3. The number of aryl methyl sites for hydroxylation is 1. The molecule has 0 spiro atoms. The van der Waals surface area contributed by atoms with Gasteiger partial charge >= 0.3 is 6.03 Å². The van der Waals surface area contributed by atoms with Crippen molar-refractivity contribution in [3.8, 4) is 11.4 Å². The Kier molecular flexibility index (Phi) is 7.54. The smallest absolute Gasteiger partial charge is 0.323 e. The average molecular weight is 612 g/mol. The molecule has 2 fully saturated rings. The molecule has 1 saturated carbocycles. The lowest BCUT2D eigenvalue weighted by Crippen LogP contribution is -2.44. The van der Waals surface area contributed by atoms with E-state index in [1.54, 1.807) is 48.3 Å². The van der Waals surface area contributed by atoms with E-state index in [4.69, 9.17) is 14.7 Å². The Hall–Kier alpha value is -4.11. The van der Waals surface area contributed by atoms with Crippen molar-refractivity contribution in [1.82, 2.24) is 19.7 Å². The maximum absolute atomic E-state index is 14.1. The summed E-state index contributed by atoms with van der Waals surface area (Å²) in [5.41, 5.74) is 2.14. The van der Waals surface area contributed by atoms with Crippen LogP contribution in [0.3, 0.4) is 0 Å². The second kappa shape index (κ2) is 11.2. The number of aromatic nitrogens is 4. The fourth-order valence-electron chi connectivity index (χ4n) is 5.17. The molecular weight excluding hydrogens is 580 g/mol. The number of urea groups is 1. The molecule has 0 unspecified atom stereocenters. The summed E-state index contributed by atoms with van der Waals surface area (Å²) in [5, 5.41) is 9.50. The van der Waals surface area contributed by atoms with Gasteiger partial charge in [-0.3, -0.25) is 13.8 Å². The summed E-state index contributed by atoms with van der Waals surface area (Å²) in [6.07, 6.45) is 4.01. The van der Waals surface area contributed by atoms with Crippen LogP contribution in [0, 0.1) is 11.6 Å². The molecule has 1 saturated heterocycles. The first-order chi connectivity index (χ1) is 20.6. The maximum atomic E-state index is 14.1. The monoisotopic (exact) mass is 611 g/mol. The van der Waals surface area contributed by atoms with Crippen LogP contribution in [0.25, 0.3) is 11.4 Å². The number of rotatable bonds is 7. The number of nitrogens with one attached hydrogen (secondary N) is 2. The van der Waals surface area contributed by atoms with Crippen LogP contribution in [0.5, 0.6) is 0 Å². The zero-order valence-corrected chi connectivity index (χ0v) is 24.3. The molecule has 2 amide bonds. The minimum Gasteiger partial charge on any atom is -0.377 e. The summed E-state index contributed by atoms with van der Waals surface area (Å²) in [5.74, 6) is -1.27. The van der Waals surface area contributed by atoms with E-state index in [0.717, 1.165) is 12.1 Å². The average Bonchev–Trinajstić information content (AvgIpc) is 3.72. The first kappa shape index (κ1) is 29.0. The molecular formula is C29H31F2N7O4S. The molecule has 2 aromatic carbocycles. The van der Waals surface area contributed by atoms with Gasteiger partial charge in [0, 0.05) is 37.1 Å². The number of benzene rings is 2. The van der Waals surface area contributed by atoms with Crippen LogP contribution >= 0.6 is 10.6 Å². The Morgan fingerprint density at radius 2 is 1.79 bits per heavy atom. The van der Waals surface area contributed by atoms with Crippen LogP contribution < -0.4 is 15.5 Å². The molecule has 2 aromatic heterocycles. The zero-order chi connectivity index (χ0) is 30.4. The van der Waals surface area contributed by atoms with Gasteiger partial charge in [-0.25, -0.2) is 23.5 Å². The summed E-state index contributed by atoms with van der Waals surface area (Å²) in [6.45, 7) is 3.61. The van der Waals surface area contributed by atoms with Gasteiger partial charge in [0.25, 0.3) is 0 Å². The van der Waals surface area contributed by atoms with E-state index in [1.165, 1.54) is 12.3 Å². The second-order valence-corrected chi connectivity index (χ2v) is 13.1. The third-order valence-electron chi connectivity index (χ3n) is 7.67. The minimum absolute atomic E-state index is 0.0101. The fourth-order valence-corrected chi connectivity index (χ4v) is 7.22. The van der Waals surface area contributed by atoms with Gasteiger partial charge in [0.1, 0.15) is 10.6 Å². The first-order valence-corrected chi connectivity index (χ1v) is 15.2. The van der Waals surface area contributed by atoms with E-state index in [9.17, 15) is 22.7 Å². The van der Waals surface area contributed by atoms with Crippen molar-refractivity contribution in [2.75, 3.05) is 35.3 Å². The number of halogens is 2. The molecule has 43 heavy (non-hydrogen) atoms. The van der Waals surface area contributed by atoms with E-state index in [0.29, 0.717) is 66.9 Å². The van der Waals surface area contributed by atoms with Crippen molar-refractivity contribution in [2.45, 2.75) is 35.4 Å². The van der Waals surface area contributed by atoms with Gasteiger partial charge < -0.3 is 20.3 Å². The van der Waals surface area contributed by atoms with Crippen molar-refractivity contribution in [3.05, 3.63) is 78.3 Å². The summed E-state index contributed by atoms with van der Waals surface area (Å²) < 4.78 is 56.8. The highest BCUT2D eigenvalue weighted by molar-refractivity contribution is 8.25. The van der Waals surface area contributed by atoms with Crippen LogP contribution in [0.2, 0.25) is 0 Å². The molecule has 0 radical (unpaired) electrons. The molecule has 11 nitrogen and oxygen atoms in total. The molecule has 4 N–H and O–H groups in total. The number of amides is 2. The van der Waals surface area contributed by atoms with E-state index < -0.39 is 33.0 Å². The highest BCUT2D eigenvalue weighted by Gasteiger charge is 2.57. The molecule has 4 aromatic rings. The largest absolute Gasteiger partial charge is 0.377 e. The third kappa shape index (κ3) is 5.66. The van der Waals surface area contributed by atoms with Gasteiger partial charge in [-0.15, -0.1) is 0 Å². The molecule has 2 aliphatic rings. The van der Waals surface area contributed by atoms with Crippen molar-refractivity contribution in [1.29, 1.82) is 0 Å². The van der Waals surface area contributed by atoms with E-state index in [2.05, 4.69) is 20.6 Å². The number of carbonyl (C=O) groups excluding carboxylic acids is 1. The third-order valence-corrected chi connectivity index (χ3v) is 10.3. The number of morpholine rings is 1. The molecule has 0 bridgehead atoms. The summed E-state index contributed by atoms with van der Waals surface area (Å²) in [4.78, 5) is 24.0. The molecule has 1 atom stereocenters. The van der Waals surface area contributed by atoms with Crippen molar-refractivity contribution >= 4 is 33.8 Å². The van der Waals surface area contributed by atoms with E-state index in [-0.39, 0.29) is 10.9 Å². The number of hydrogen-bond donors (Lipinski definition) is 4. The summed E-state index contributed by atoms with van der Waals surface area (Å²) in [6, 6.07) is 11.2. The van der Waals surface area contributed by atoms with Gasteiger partial charge in [0.15, 0.2) is 17.5 Å². The number of carbonyl (C=O) groups is 1. The normalized spacial score (nSPS) is 18.3. The Labute approximate surface area is 248 Å². The van der Waals surface area contributed by atoms with Gasteiger partial charge in [-0.05, 0) is 62.2 Å². The summed E-state index contributed by atoms with van der Waals surface area (Å²) in [7, 11) is -1.87.